The maximum absolute atomic E-state index is 12.6. The molecule has 4 nitrogen and oxygen atoms in total. The van der Waals surface area contributed by atoms with E-state index in [9.17, 15) is 4.79 Å². The van der Waals surface area contributed by atoms with Crippen LogP contribution in [0.1, 0.15) is 34.8 Å². The van der Waals surface area contributed by atoms with Gasteiger partial charge in [0, 0.05) is 18.3 Å². The van der Waals surface area contributed by atoms with E-state index in [0.29, 0.717) is 11.4 Å². The molecule has 0 saturated heterocycles. The fourth-order valence-corrected chi connectivity index (χ4v) is 2.70. The lowest BCUT2D eigenvalue weighted by molar-refractivity contribution is 0.0694. The van der Waals surface area contributed by atoms with Gasteiger partial charge in [-0.1, -0.05) is 12.1 Å². The number of thiazole rings is 1. The number of aromatic nitrogens is 1. The minimum atomic E-state index is 0.0387. The number of carbonyl (C=O) groups is 1. The fraction of sp³-hybridized carbons (Fsp3) is 0.333. The first kappa shape index (κ1) is 14.5. The molecule has 2 rings (SSSR count). The lowest BCUT2D eigenvalue weighted by atomic mass is 10.1. The van der Waals surface area contributed by atoms with Crippen molar-refractivity contribution < 1.29 is 4.79 Å². The first-order valence-electron chi connectivity index (χ1n) is 6.54. The molecule has 0 saturated carbocycles. The summed E-state index contributed by atoms with van der Waals surface area (Å²) < 4.78 is 0. The minimum Gasteiger partial charge on any atom is -0.399 e. The van der Waals surface area contributed by atoms with Crippen molar-refractivity contribution in [2.24, 2.45) is 0 Å². The Morgan fingerprint density at radius 3 is 2.50 bits per heavy atom. The minimum absolute atomic E-state index is 0.0387. The topological polar surface area (TPSA) is 59.2 Å². The van der Waals surface area contributed by atoms with Gasteiger partial charge in [0.25, 0.3) is 5.91 Å². The number of carbonyl (C=O) groups excluding carboxylic acids is 1. The predicted octanol–water partition coefficient (Wildman–Crippen LogP) is 3.08. The van der Waals surface area contributed by atoms with Crippen LogP contribution < -0.4 is 5.73 Å². The summed E-state index contributed by atoms with van der Waals surface area (Å²) in [6, 6.07) is 7.75. The van der Waals surface area contributed by atoms with Crippen molar-refractivity contribution in [2.75, 3.05) is 5.73 Å². The summed E-state index contributed by atoms with van der Waals surface area (Å²) in [5.41, 5.74) is 10.00. The summed E-state index contributed by atoms with van der Waals surface area (Å²) in [5, 5.41) is 0. The highest BCUT2D eigenvalue weighted by Gasteiger charge is 2.22. The number of benzene rings is 1. The number of nitrogens with two attached hydrogens (primary N) is 1. The Bertz CT molecular complexity index is 589. The van der Waals surface area contributed by atoms with E-state index in [0.717, 1.165) is 16.9 Å². The van der Waals surface area contributed by atoms with Gasteiger partial charge in [-0.25, -0.2) is 4.98 Å². The van der Waals surface area contributed by atoms with E-state index in [1.54, 1.807) is 5.51 Å². The zero-order chi connectivity index (χ0) is 14.7. The van der Waals surface area contributed by atoms with Gasteiger partial charge in [-0.2, -0.15) is 0 Å². The Morgan fingerprint density at radius 1 is 1.35 bits per heavy atom. The average Bonchev–Trinajstić information content (AvgIpc) is 2.83. The molecule has 0 aliphatic rings. The molecule has 1 amide bonds. The van der Waals surface area contributed by atoms with Gasteiger partial charge in [-0.3, -0.25) is 4.79 Å². The van der Waals surface area contributed by atoms with Crippen LogP contribution in [-0.4, -0.2) is 21.8 Å². The Hall–Kier alpha value is -1.88. The molecule has 0 atom stereocenters. The van der Waals surface area contributed by atoms with Crippen molar-refractivity contribution >= 4 is 22.9 Å². The maximum Gasteiger partial charge on any atom is 0.266 e. The van der Waals surface area contributed by atoms with Crippen LogP contribution in [0, 0.1) is 6.92 Å². The van der Waals surface area contributed by atoms with Gasteiger partial charge >= 0.3 is 0 Å². The van der Waals surface area contributed by atoms with Crippen LogP contribution in [0.4, 0.5) is 5.69 Å². The van der Waals surface area contributed by atoms with E-state index in [1.807, 2.05) is 49.9 Å². The first-order valence-corrected chi connectivity index (χ1v) is 7.42. The highest BCUT2D eigenvalue weighted by Crippen LogP contribution is 2.19. The number of hydrogen-bond acceptors (Lipinski definition) is 4. The van der Waals surface area contributed by atoms with Crippen molar-refractivity contribution in [3.63, 3.8) is 0 Å². The molecule has 0 aliphatic heterocycles. The molecule has 20 heavy (non-hydrogen) atoms. The van der Waals surface area contributed by atoms with Crippen LogP contribution in [0.5, 0.6) is 0 Å². The number of nitrogen functional groups attached to an aromatic ring is 1. The summed E-state index contributed by atoms with van der Waals surface area (Å²) in [6.07, 6.45) is 0. The molecule has 0 aliphatic carbocycles. The summed E-state index contributed by atoms with van der Waals surface area (Å²) >= 11 is 1.39. The Kier molecular flexibility index (Phi) is 4.39. The molecule has 0 unspecified atom stereocenters. The molecule has 0 spiro atoms. The largest absolute Gasteiger partial charge is 0.399 e. The molecule has 1 aromatic heterocycles. The van der Waals surface area contributed by atoms with Gasteiger partial charge in [0.2, 0.25) is 0 Å². The van der Waals surface area contributed by atoms with E-state index < -0.39 is 0 Å². The zero-order valence-corrected chi connectivity index (χ0v) is 12.8. The standard InChI is InChI=1S/C15H19N3OS/c1-10(2)18(8-12-4-6-13(16)7-5-12)15(19)14-11(3)17-9-20-14/h4-7,9-10H,8,16H2,1-3H3. The third-order valence-electron chi connectivity index (χ3n) is 3.16. The van der Waals surface area contributed by atoms with Crippen LogP contribution >= 0.6 is 11.3 Å². The number of nitrogens with zero attached hydrogens (tertiary/aromatic N) is 2. The molecule has 0 radical (unpaired) electrons. The molecule has 0 fully saturated rings. The van der Waals surface area contributed by atoms with Crippen LogP contribution in [0.15, 0.2) is 29.8 Å². The van der Waals surface area contributed by atoms with Gasteiger partial charge < -0.3 is 10.6 Å². The second-order valence-electron chi connectivity index (χ2n) is 5.04. The van der Waals surface area contributed by atoms with E-state index in [-0.39, 0.29) is 11.9 Å². The second-order valence-corrected chi connectivity index (χ2v) is 5.89. The summed E-state index contributed by atoms with van der Waals surface area (Å²) in [6.45, 7) is 6.48. The number of rotatable bonds is 4. The van der Waals surface area contributed by atoms with E-state index in [4.69, 9.17) is 5.73 Å². The van der Waals surface area contributed by atoms with Crippen molar-refractivity contribution in [3.8, 4) is 0 Å². The normalized spacial score (nSPS) is 10.8. The Labute approximate surface area is 123 Å². The summed E-state index contributed by atoms with van der Waals surface area (Å²) in [4.78, 5) is 19.3. The third kappa shape index (κ3) is 3.17. The van der Waals surface area contributed by atoms with Crippen molar-refractivity contribution in [2.45, 2.75) is 33.4 Å². The number of amides is 1. The van der Waals surface area contributed by atoms with E-state index >= 15 is 0 Å². The Morgan fingerprint density at radius 2 is 2.00 bits per heavy atom. The van der Waals surface area contributed by atoms with E-state index in [1.165, 1.54) is 11.3 Å². The molecular weight excluding hydrogens is 270 g/mol. The quantitative estimate of drug-likeness (QED) is 0.880. The molecule has 1 heterocycles. The zero-order valence-electron chi connectivity index (χ0n) is 12.0. The first-order chi connectivity index (χ1) is 9.49. The van der Waals surface area contributed by atoms with Crippen molar-refractivity contribution in [1.82, 2.24) is 9.88 Å². The van der Waals surface area contributed by atoms with Gasteiger partial charge in [0.15, 0.2) is 0 Å². The smallest absolute Gasteiger partial charge is 0.266 e. The highest BCUT2D eigenvalue weighted by molar-refractivity contribution is 7.11. The lowest BCUT2D eigenvalue weighted by Crippen LogP contribution is -2.36. The monoisotopic (exact) mass is 289 g/mol. The molecule has 2 aromatic rings. The fourth-order valence-electron chi connectivity index (χ4n) is 1.95. The van der Waals surface area contributed by atoms with Crippen LogP contribution in [0.25, 0.3) is 0 Å². The number of aryl methyl sites for hydroxylation is 1. The summed E-state index contributed by atoms with van der Waals surface area (Å²) in [5.74, 6) is 0.0387. The van der Waals surface area contributed by atoms with Crippen molar-refractivity contribution in [1.29, 1.82) is 0 Å². The van der Waals surface area contributed by atoms with E-state index in [2.05, 4.69) is 4.98 Å². The van der Waals surface area contributed by atoms with Crippen LogP contribution in [0.2, 0.25) is 0 Å². The van der Waals surface area contributed by atoms with Gasteiger partial charge in [0.1, 0.15) is 4.88 Å². The predicted molar refractivity (Wildman–Crippen MR) is 82.7 cm³/mol. The molecule has 1 aromatic carbocycles. The Balaban J connectivity index is 2.21. The lowest BCUT2D eigenvalue weighted by Gasteiger charge is -2.26. The van der Waals surface area contributed by atoms with Gasteiger partial charge in [-0.05, 0) is 38.5 Å². The molecule has 0 bridgehead atoms. The van der Waals surface area contributed by atoms with Crippen LogP contribution in [-0.2, 0) is 6.54 Å². The maximum atomic E-state index is 12.6. The van der Waals surface area contributed by atoms with Crippen LogP contribution in [0.3, 0.4) is 0 Å². The number of anilines is 1. The third-order valence-corrected chi connectivity index (χ3v) is 4.07. The second kappa shape index (κ2) is 6.05. The average molecular weight is 289 g/mol. The van der Waals surface area contributed by atoms with Crippen molar-refractivity contribution in [3.05, 3.63) is 45.9 Å². The SMILES string of the molecule is Cc1ncsc1C(=O)N(Cc1ccc(N)cc1)C(C)C. The molecule has 106 valence electrons. The summed E-state index contributed by atoms with van der Waals surface area (Å²) in [7, 11) is 0. The van der Waals surface area contributed by atoms with Gasteiger partial charge in [-0.15, -0.1) is 11.3 Å². The molecular formula is C15H19N3OS. The highest BCUT2D eigenvalue weighted by atomic mass is 32.1. The molecule has 2 N–H and O–H groups in total. The number of hydrogen-bond donors (Lipinski definition) is 1. The van der Waals surface area contributed by atoms with Gasteiger partial charge in [0.05, 0.1) is 11.2 Å². The molecule has 5 heteroatoms.